The van der Waals surface area contributed by atoms with Gasteiger partial charge in [0.25, 0.3) is 0 Å². The van der Waals surface area contributed by atoms with E-state index in [-0.39, 0.29) is 23.7 Å². The number of rotatable bonds is 7. The molecule has 2 atom stereocenters. The Kier molecular flexibility index (Phi) is 5.88. The zero-order valence-electron chi connectivity index (χ0n) is 20.7. The van der Waals surface area contributed by atoms with Crippen molar-refractivity contribution in [3.05, 3.63) is 59.4 Å². The molecule has 2 aromatic carbocycles. The Bertz CT molecular complexity index is 1460. The largest absolute Gasteiger partial charge is 0.479 e. The quantitative estimate of drug-likeness (QED) is 0.355. The van der Waals surface area contributed by atoms with Crippen molar-refractivity contribution in [1.29, 1.82) is 0 Å². The topological polar surface area (TPSA) is 89.4 Å². The Morgan fingerprint density at radius 1 is 1.28 bits per heavy atom. The Labute approximate surface area is 207 Å². The summed E-state index contributed by atoms with van der Waals surface area (Å²) in [4.78, 5) is 12.2. The molecule has 36 heavy (non-hydrogen) atoms. The average Bonchev–Trinajstić information content (AvgIpc) is 3.56. The number of aromatic nitrogens is 3. The minimum Gasteiger partial charge on any atom is -0.479 e. The van der Waals surface area contributed by atoms with Gasteiger partial charge in [-0.2, -0.15) is 5.10 Å². The number of nitrogens with one attached hydrogen (secondary N) is 1. The number of halogens is 2. The number of hydrogen-bond donors (Lipinski definition) is 2. The average molecular weight is 498 g/mol. The van der Waals surface area contributed by atoms with Gasteiger partial charge in [0.2, 0.25) is 0 Å². The summed E-state index contributed by atoms with van der Waals surface area (Å²) < 4.78 is 43.2. The number of nitrogens with zero attached hydrogens (tertiary/aromatic N) is 2. The number of carboxylic acids is 1. The Morgan fingerprint density at radius 2 is 2.00 bits per heavy atom. The number of benzene rings is 2. The molecule has 2 heterocycles. The number of aliphatic carboxylic acids is 1. The highest BCUT2D eigenvalue weighted by Crippen LogP contribution is 2.51. The van der Waals surface area contributed by atoms with Crippen molar-refractivity contribution in [3.63, 3.8) is 0 Å². The van der Waals surface area contributed by atoms with Crippen molar-refractivity contribution in [2.24, 2.45) is 0 Å². The first-order valence-corrected chi connectivity index (χ1v) is 11.9. The van der Waals surface area contributed by atoms with E-state index in [1.54, 1.807) is 25.4 Å². The molecule has 190 valence electrons. The van der Waals surface area contributed by atoms with Gasteiger partial charge in [0, 0.05) is 41.8 Å². The SMILES string of the molecule is COCC(C)(C)c1c(C2CC[C@@](OC)(C(=O)O)C2)c2c(F)c3[nH]ncc3cc2n1-c1ccc(F)cc1. The first-order valence-electron chi connectivity index (χ1n) is 11.9. The van der Waals surface area contributed by atoms with E-state index in [2.05, 4.69) is 10.2 Å². The summed E-state index contributed by atoms with van der Waals surface area (Å²) in [5.74, 6) is -2.13. The molecule has 1 saturated carbocycles. The van der Waals surface area contributed by atoms with Crippen LogP contribution < -0.4 is 0 Å². The molecule has 4 aromatic rings. The van der Waals surface area contributed by atoms with E-state index in [9.17, 15) is 14.3 Å². The lowest BCUT2D eigenvalue weighted by atomic mass is 9.81. The van der Waals surface area contributed by atoms with Crippen LogP contribution in [0.5, 0.6) is 0 Å². The van der Waals surface area contributed by atoms with E-state index in [0.717, 1.165) is 11.3 Å². The van der Waals surface area contributed by atoms with E-state index in [0.29, 0.717) is 41.4 Å². The van der Waals surface area contributed by atoms with E-state index < -0.39 is 22.8 Å². The highest BCUT2D eigenvalue weighted by molar-refractivity contribution is 6.00. The van der Waals surface area contributed by atoms with Crippen LogP contribution in [0, 0.1) is 11.6 Å². The van der Waals surface area contributed by atoms with Gasteiger partial charge in [-0.25, -0.2) is 13.6 Å². The summed E-state index contributed by atoms with van der Waals surface area (Å²) in [6.45, 7) is 4.35. The predicted octanol–water partition coefficient (Wildman–Crippen LogP) is 5.45. The van der Waals surface area contributed by atoms with E-state index in [1.165, 1.54) is 19.2 Å². The van der Waals surface area contributed by atoms with Gasteiger partial charge in [0.15, 0.2) is 11.4 Å². The fourth-order valence-electron chi connectivity index (χ4n) is 5.90. The van der Waals surface area contributed by atoms with Gasteiger partial charge in [-0.1, -0.05) is 13.8 Å². The van der Waals surface area contributed by atoms with Crippen LogP contribution in [-0.2, 0) is 19.7 Å². The normalized spacial score (nSPS) is 20.6. The van der Waals surface area contributed by atoms with Crippen molar-refractivity contribution in [2.75, 3.05) is 20.8 Å². The number of methoxy groups -OCH3 is 2. The third-order valence-corrected chi connectivity index (χ3v) is 7.54. The van der Waals surface area contributed by atoms with E-state index in [4.69, 9.17) is 9.47 Å². The van der Waals surface area contributed by atoms with Gasteiger partial charge < -0.3 is 19.1 Å². The van der Waals surface area contributed by atoms with Crippen molar-refractivity contribution >= 4 is 27.8 Å². The zero-order chi connectivity index (χ0) is 25.8. The zero-order valence-corrected chi connectivity index (χ0v) is 20.7. The number of fused-ring (bicyclic) bond motifs is 2. The summed E-state index contributed by atoms with van der Waals surface area (Å²) >= 11 is 0. The molecule has 1 aliphatic carbocycles. The number of ether oxygens (including phenoxy) is 2. The Hall–Kier alpha value is -3.30. The van der Waals surface area contributed by atoms with Crippen LogP contribution in [0.25, 0.3) is 27.5 Å². The monoisotopic (exact) mass is 497 g/mol. The number of carboxylic acid groups (broad SMARTS) is 1. The van der Waals surface area contributed by atoms with Crippen LogP contribution in [0.4, 0.5) is 8.78 Å². The third-order valence-electron chi connectivity index (χ3n) is 7.54. The highest BCUT2D eigenvalue weighted by atomic mass is 19.1. The van der Waals surface area contributed by atoms with Gasteiger partial charge in [0.05, 0.1) is 18.3 Å². The molecule has 1 unspecified atom stereocenters. The van der Waals surface area contributed by atoms with Crippen LogP contribution in [0.2, 0.25) is 0 Å². The predicted molar refractivity (Wildman–Crippen MR) is 132 cm³/mol. The molecule has 0 radical (unpaired) electrons. The van der Waals surface area contributed by atoms with Crippen LogP contribution >= 0.6 is 0 Å². The first kappa shape index (κ1) is 24.4. The molecule has 0 saturated heterocycles. The number of carbonyl (C=O) groups is 1. The number of hydrogen-bond acceptors (Lipinski definition) is 4. The molecular formula is C27H29F2N3O4. The molecule has 0 aliphatic heterocycles. The van der Waals surface area contributed by atoms with Gasteiger partial charge >= 0.3 is 5.97 Å². The van der Waals surface area contributed by atoms with E-state index >= 15 is 4.39 Å². The summed E-state index contributed by atoms with van der Waals surface area (Å²) in [5.41, 5.74) is 1.14. The van der Waals surface area contributed by atoms with Crippen LogP contribution in [-0.4, -0.2) is 52.3 Å². The molecule has 0 amide bonds. The molecule has 0 spiro atoms. The summed E-state index contributed by atoms with van der Waals surface area (Å²) in [7, 11) is 3.01. The molecule has 2 N–H and O–H groups in total. The van der Waals surface area contributed by atoms with Crippen LogP contribution in [0.15, 0.2) is 36.5 Å². The van der Waals surface area contributed by atoms with Gasteiger partial charge in [0.1, 0.15) is 11.3 Å². The molecule has 1 aliphatic rings. The molecule has 9 heteroatoms. The van der Waals surface area contributed by atoms with Gasteiger partial charge in [-0.15, -0.1) is 0 Å². The highest BCUT2D eigenvalue weighted by Gasteiger charge is 2.49. The van der Waals surface area contributed by atoms with Crippen molar-refractivity contribution in [2.45, 2.75) is 50.0 Å². The van der Waals surface area contributed by atoms with Crippen LogP contribution in [0.3, 0.4) is 0 Å². The molecule has 1 fully saturated rings. The molecule has 7 nitrogen and oxygen atoms in total. The maximum atomic E-state index is 16.3. The second-order valence-corrected chi connectivity index (χ2v) is 10.3. The molecular weight excluding hydrogens is 468 g/mol. The lowest BCUT2D eigenvalue weighted by Crippen LogP contribution is -2.38. The third kappa shape index (κ3) is 3.60. The smallest absolute Gasteiger partial charge is 0.335 e. The van der Waals surface area contributed by atoms with Gasteiger partial charge in [-0.3, -0.25) is 5.10 Å². The van der Waals surface area contributed by atoms with Crippen molar-refractivity contribution in [1.82, 2.24) is 14.8 Å². The van der Waals surface area contributed by atoms with E-state index in [1.807, 2.05) is 24.5 Å². The van der Waals surface area contributed by atoms with Crippen LogP contribution in [0.1, 0.15) is 50.3 Å². The second-order valence-electron chi connectivity index (χ2n) is 10.3. The minimum atomic E-state index is -1.34. The maximum Gasteiger partial charge on any atom is 0.335 e. The first-order chi connectivity index (χ1) is 17.1. The number of H-pyrrole nitrogens is 1. The standard InChI is InChI=1S/C27H29F2N3O4/c1-26(2,14-35-3)24-20(15-9-10-27(12-15,36-4)25(33)34)21-19(11-16-13-30-31-23(16)22(21)29)32(24)18-7-5-17(28)6-8-18/h5-8,11,13,15H,9-10,12,14H2,1-4H3,(H,30,31)(H,33,34)/t15?,27-/m0/s1. The van der Waals surface area contributed by atoms with Gasteiger partial charge in [-0.05, 0) is 61.1 Å². The Morgan fingerprint density at radius 3 is 2.61 bits per heavy atom. The lowest BCUT2D eigenvalue weighted by molar-refractivity contribution is -0.161. The second kappa shape index (κ2) is 8.67. The Balaban J connectivity index is 1.90. The summed E-state index contributed by atoms with van der Waals surface area (Å²) in [6.07, 6.45) is 2.59. The lowest BCUT2D eigenvalue weighted by Gasteiger charge is -2.30. The molecule has 0 bridgehead atoms. The fourth-order valence-corrected chi connectivity index (χ4v) is 5.90. The fraction of sp³-hybridized carbons (Fsp3) is 0.407. The summed E-state index contributed by atoms with van der Waals surface area (Å²) in [6, 6.07) is 7.93. The maximum absolute atomic E-state index is 16.3. The minimum absolute atomic E-state index is 0.206. The van der Waals surface area contributed by atoms with Crippen molar-refractivity contribution in [3.8, 4) is 5.69 Å². The van der Waals surface area contributed by atoms with Crippen molar-refractivity contribution < 1.29 is 28.2 Å². The summed E-state index contributed by atoms with van der Waals surface area (Å²) in [5, 5.41) is 17.7. The number of aromatic amines is 1. The molecule has 2 aromatic heterocycles. The molecule has 5 rings (SSSR count).